The van der Waals surface area contributed by atoms with Crippen LogP contribution in [0.3, 0.4) is 0 Å². The van der Waals surface area contributed by atoms with Crippen LogP contribution in [0.25, 0.3) is 0 Å². The number of β-amino-alcohol motifs (C(OH)–C–C–N with tert-alkyl or cyclic N) is 1. The highest BCUT2D eigenvalue weighted by molar-refractivity contribution is 4.97. The number of rotatable bonds is 3. The molecule has 4 N–H and O–H groups in total. The van der Waals surface area contributed by atoms with Crippen LogP contribution in [0.2, 0.25) is 0 Å². The molecule has 2 aliphatic rings. The lowest BCUT2D eigenvalue weighted by atomic mass is 10.0. The van der Waals surface area contributed by atoms with Gasteiger partial charge in [-0.25, -0.2) is 0 Å². The highest BCUT2D eigenvalue weighted by Gasteiger charge is 2.53. The lowest BCUT2D eigenvalue weighted by Gasteiger charge is -2.34. The van der Waals surface area contributed by atoms with Gasteiger partial charge < -0.3 is 29.9 Å². The number of nitrogens with zero attached hydrogens (tertiary/aromatic N) is 1. The molecule has 0 aliphatic carbocycles. The summed E-state index contributed by atoms with van der Waals surface area (Å²) >= 11 is 0. The maximum atomic E-state index is 10.2. The predicted molar refractivity (Wildman–Crippen MR) is 56.2 cm³/mol. The summed E-state index contributed by atoms with van der Waals surface area (Å²) in [5.41, 5.74) is 0. The van der Waals surface area contributed by atoms with Crippen molar-refractivity contribution in [1.29, 1.82) is 0 Å². The van der Waals surface area contributed by atoms with Gasteiger partial charge in [0.15, 0.2) is 0 Å². The first-order valence-corrected chi connectivity index (χ1v) is 5.74. The van der Waals surface area contributed by atoms with E-state index in [1.54, 1.807) is 0 Å². The zero-order valence-electron chi connectivity index (χ0n) is 9.53. The van der Waals surface area contributed by atoms with Gasteiger partial charge in [-0.1, -0.05) is 0 Å². The number of aliphatic hydroxyl groups is 4. The average Bonchev–Trinajstić information content (AvgIpc) is 2.55. The standard InChI is InChI=1S/C10H19NO6/c12-5-7-8(13)9(14)10(15,17-7)6-11-1-3-16-4-2-11/h7-9,12-15H,1-6H2/t7-,8+,9?,10+/m1/s1. The van der Waals surface area contributed by atoms with Crippen molar-refractivity contribution in [1.82, 2.24) is 4.90 Å². The topological polar surface area (TPSA) is 103 Å². The molecule has 0 radical (unpaired) electrons. The molecule has 7 nitrogen and oxygen atoms in total. The molecule has 2 heterocycles. The summed E-state index contributed by atoms with van der Waals surface area (Å²) in [4.78, 5) is 1.89. The summed E-state index contributed by atoms with van der Waals surface area (Å²) < 4.78 is 10.3. The van der Waals surface area contributed by atoms with Gasteiger partial charge in [-0.05, 0) is 0 Å². The fraction of sp³-hybridized carbons (Fsp3) is 1.00. The Morgan fingerprint density at radius 2 is 1.88 bits per heavy atom. The van der Waals surface area contributed by atoms with Gasteiger partial charge in [0.05, 0.1) is 26.4 Å². The molecular weight excluding hydrogens is 230 g/mol. The molecule has 0 aromatic carbocycles. The third-order valence-corrected chi connectivity index (χ3v) is 3.26. The van der Waals surface area contributed by atoms with E-state index in [-0.39, 0.29) is 6.54 Å². The number of morpholine rings is 1. The van der Waals surface area contributed by atoms with E-state index in [0.29, 0.717) is 26.3 Å². The smallest absolute Gasteiger partial charge is 0.208 e. The second kappa shape index (κ2) is 5.15. The summed E-state index contributed by atoms with van der Waals surface area (Å²) in [5, 5.41) is 38.4. The van der Waals surface area contributed by atoms with Crippen LogP contribution in [0.4, 0.5) is 0 Å². The van der Waals surface area contributed by atoms with Crippen LogP contribution in [-0.2, 0) is 9.47 Å². The first-order valence-electron chi connectivity index (χ1n) is 5.74. The van der Waals surface area contributed by atoms with E-state index < -0.39 is 30.7 Å². The van der Waals surface area contributed by atoms with E-state index in [4.69, 9.17) is 14.6 Å². The quantitative estimate of drug-likeness (QED) is 0.426. The minimum absolute atomic E-state index is 0.0884. The minimum atomic E-state index is -1.83. The van der Waals surface area contributed by atoms with Crippen molar-refractivity contribution in [2.45, 2.75) is 24.1 Å². The van der Waals surface area contributed by atoms with E-state index in [1.165, 1.54) is 0 Å². The van der Waals surface area contributed by atoms with E-state index in [0.717, 1.165) is 0 Å². The Hall–Kier alpha value is -0.280. The SMILES string of the molecule is OC[C@H]1O[C@@](O)(CN2CCOCC2)C(O)[C@H]1O. The first-order chi connectivity index (χ1) is 8.07. The van der Waals surface area contributed by atoms with Crippen LogP contribution in [0.1, 0.15) is 0 Å². The fourth-order valence-electron chi connectivity index (χ4n) is 2.23. The van der Waals surface area contributed by atoms with Gasteiger partial charge in [0.25, 0.3) is 0 Å². The third-order valence-electron chi connectivity index (χ3n) is 3.26. The summed E-state index contributed by atoms with van der Waals surface area (Å²) in [6, 6.07) is 0. The summed E-state index contributed by atoms with van der Waals surface area (Å²) in [6.45, 7) is 2.06. The molecule has 0 amide bonds. The Bertz CT molecular complexity index is 259. The molecule has 0 bridgehead atoms. The van der Waals surface area contributed by atoms with Gasteiger partial charge in [0, 0.05) is 13.1 Å². The molecule has 2 fully saturated rings. The van der Waals surface area contributed by atoms with Gasteiger partial charge in [-0.3, -0.25) is 4.90 Å². The molecule has 0 aromatic heterocycles. The molecule has 2 rings (SSSR count). The fourth-order valence-corrected chi connectivity index (χ4v) is 2.23. The lowest BCUT2D eigenvalue weighted by Crippen LogP contribution is -2.53. The number of ether oxygens (including phenoxy) is 2. The molecule has 2 aliphatic heterocycles. The maximum absolute atomic E-state index is 10.2. The van der Waals surface area contributed by atoms with E-state index >= 15 is 0 Å². The summed E-state index contributed by atoms with van der Waals surface area (Å²) in [5.74, 6) is -1.83. The molecule has 17 heavy (non-hydrogen) atoms. The maximum Gasteiger partial charge on any atom is 0.208 e. The van der Waals surface area contributed by atoms with E-state index in [2.05, 4.69) is 0 Å². The molecule has 7 heteroatoms. The highest BCUT2D eigenvalue weighted by atomic mass is 16.7. The minimum Gasteiger partial charge on any atom is -0.394 e. The Morgan fingerprint density at radius 3 is 2.41 bits per heavy atom. The van der Waals surface area contributed by atoms with Gasteiger partial charge in [0.1, 0.15) is 18.3 Å². The molecule has 1 unspecified atom stereocenters. The largest absolute Gasteiger partial charge is 0.394 e. The Kier molecular flexibility index (Phi) is 3.99. The van der Waals surface area contributed by atoms with Crippen molar-refractivity contribution >= 4 is 0 Å². The van der Waals surface area contributed by atoms with Gasteiger partial charge in [-0.15, -0.1) is 0 Å². The lowest BCUT2D eigenvalue weighted by molar-refractivity contribution is -0.241. The molecule has 4 atom stereocenters. The second-order valence-electron chi connectivity index (χ2n) is 4.51. The van der Waals surface area contributed by atoms with Gasteiger partial charge >= 0.3 is 0 Å². The molecule has 0 spiro atoms. The van der Waals surface area contributed by atoms with Crippen molar-refractivity contribution in [3.05, 3.63) is 0 Å². The Morgan fingerprint density at radius 1 is 1.24 bits per heavy atom. The predicted octanol–water partition coefficient (Wildman–Crippen LogP) is -2.88. The van der Waals surface area contributed by atoms with Crippen LogP contribution in [0.15, 0.2) is 0 Å². The normalized spacial score (nSPS) is 44.1. The van der Waals surface area contributed by atoms with Crippen molar-refractivity contribution in [2.24, 2.45) is 0 Å². The zero-order chi connectivity index (χ0) is 12.5. The number of hydrogen-bond donors (Lipinski definition) is 4. The molecular formula is C10H19NO6. The van der Waals surface area contributed by atoms with E-state index in [9.17, 15) is 15.3 Å². The van der Waals surface area contributed by atoms with Crippen molar-refractivity contribution in [2.75, 3.05) is 39.5 Å². The van der Waals surface area contributed by atoms with Gasteiger partial charge in [0.2, 0.25) is 5.79 Å². The highest BCUT2D eigenvalue weighted by Crippen LogP contribution is 2.30. The molecule has 2 saturated heterocycles. The van der Waals surface area contributed by atoms with Gasteiger partial charge in [-0.2, -0.15) is 0 Å². The Balaban J connectivity index is 1.98. The molecule has 0 aromatic rings. The average molecular weight is 249 g/mol. The number of aliphatic hydroxyl groups excluding tert-OH is 3. The van der Waals surface area contributed by atoms with Crippen LogP contribution in [0, 0.1) is 0 Å². The Labute approximate surface area is 99.2 Å². The number of hydrogen-bond acceptors (Lipinski definition) is 7. The van der Waals surface area contributed by atoms with Crippen LogP contribution >= 0.6 is 0 Å². The van der Waals surface area contributed by atoms with Crippen molar-refractivity contribution < 1.29 is 29.9 Å². The summed E-state index contributed by atoms with van der Waals surface area (Å²) in [7, 11) is 0. The van der Waals surface area contributed by atoms with E-state index in [1.807, 2.05) is 4.90 Å². The van der Waals surface area contributed by atoms with Crippen LogP contribution in [-0.4, -0.2) is 88.9 Å². The summed E-state index contributed by atoms with van der Waals surface area (Å²) in [6.07, 6.45) is -3.63. The zero-order valence-corrected chi connectivity index (χ0v) is 9.53. The van der Waals surface area contributed by atoms with Crippen molar-refractivity contribution in [3.8, 4) is 0 Å². The third kappa shape index (κ3) is 2.60. The van der Waals surface area contributed by atoms with Crippen LogP contribution in [0.5, 0.6) is 0 Å². The molecule has 100 valence electrons. The monoisotopic (exact) mass is 249 g/mol. The first kappa shape index (κ1) is 13.2. The molecule has 0 saturated carbocycles. The van der Waals surface area contributed by atoms with Crippen molar-refractivity contribution in [3.63, 3.8) is 0 Å². The second-order valence-corrected chi connectivity index (χ2v) is 4.51. The van der Waals surface area contributed by atoms with Crippen LogP contribution < -0.4 is 0 Å².